The van der Waals surface area contributed by atoms with Crippen LogP contribution in [0.4, 0.5) is 10.1 Å². The highest BCUT2D eigenvalue weighted by Crippen LogP contribution is 2.32. The lowest BCUT2D eigenvalue weighted by Crippen LogP contribution is -2.29. The molecule has 0 aliphatic carbocycles. The quantitative estimate of drug-likeness (QED) is 0.456. The Balaban J connectivity index is 1.33. The Morgan fingerprint density at radius 3 is 2.93 bits per heavy atom. The highest BCUT2D eigenvalue weighted by Gasteiger charge is 2.31. The SMILES string of the molecule is O=C(CCCN1C(=O)/C(=C/c2cccc(F)c2)SC1=S)Nc1cccc2nonc12. The van der Waals surface area contributed by atoms with Gasteiger partial charge in [-0.25, -0.2) is 9.02 Å². The molecule has 0 spiro atoms. The number of thioether (sulfide) groups is 1. The summed E-state index contributed by atoms with van der Waals surface area (Å²) in [6, 6.07) is 11.2. The topological polar surface area (TPSA) is 88.3 Å². The fourth-order valence-electron chi connectivity index (χ4n) is 2.96. The summed E-state index contributed by atoms with van der Waals surface area (Å²) in [6.07, 6.45) is 2.24. The van der Waals surface area contributed by atoms with Crippen molar-refractivity contribution >= 4 is 62.9 Å². The van der Waals surface area contributed by atoms with E-state index in [1.807, 2.05) is 0 Å². The Kier molecular flexibility index (Phi) is 5.86. The van der Waals surface area contributed by atoms with Gasteiger partial charge in [0.2, 0.25) is 5.91 Å². The van der Waals surface area contributed by atoms with Gasteiger partial charge in [0.05, 0.1) is 10.6 Å². The van der Waals surface area contributed by atoms with Crippen molar-refractivity contribution in [2.24, 2.45) is 0 Å². The molecule has 0 radical (unpaired) electrons. The molecule has 0 atom stereocenters. The van der Waals surface area contributed by atoms with Crippen LogP contribution in [0.5, 0.6) is 0 Å². The summed E-state index contributed by atoms with van der Waals surface area (Å²) in [5.41, 5.74) is 2.13. The number of carbonyl (C=O) groups excluding carboxylic acids is 2. The van der Waals surface area contributed by atoms with Crippen LogP contribution in [-0.2, 0) is 9.59 Å². The highest BCUT2D eigenvalue weighted by molar-refractivity contribution is 8.26. The van der Waals surface area contributed by atoms with Gasteiger partial charge in [0, 0.05) is 13.0 Å². The molecule has 0 bridgehead atoms. The first-order valence-electron chi connectivity index (χ1n) is 9.03. The molecule has 2 aromatic carbocycles. The van der Waals surface area contributed by atoms with E-state index in [9.17, 15) is 14.0 Å². The van der Waals surface area contributed by atoms with E-state index < -0.39 is 0 Å². The van der Waals surface area contributed by atoms with Crippen molar-refractivity contribution in [3.05, 3.63) is 58.8 Å². The van der Waals surface area contributed by atoms with Crippen LogP contribution in [-0.4, -0.2) is 37.9 Å². The molecule has 0 saturated carbocycles. The average molecular weight is 442 g/mol. The molecule has 2 heterocycles. The van der Waals surface area contributed by atoms with Crippen molar-refractivity contribution in [2.75, 3.05) is 11.9 Å². The molecule has 10 heteroatoms. The minimum atomic E-state index is -0.373. The summed E-state index contributed by atoms with van der Waals surface area (Å²) in [5.74, 6) is -0.832. The normalized spacial score (nSPS) is 15.4. The lowest BCUT2D eigenvalue weighted by atomic mass is 10.2. The number of benzene rings is 2. The summed E-state index contributed by atoms with van der Waals surface area (Å²) in [7, 11) is 0. The van der Waals surface area contributed by atoms with Crippen LogP contribution < -0.4 is 5.32 Å². The predicted octanol–water partition coefficient (Wildman–Crippen LogP) is 3.98. The first kappa shape index (κ1) is 20.2. The number of hydrogen-bond acceptors (Lipinski definition) is 7. The van der Waals surface area contributed by atoms with Gasteiger partial charge in [-0.05, 0) is 52.6 Å². The van der Waals surface area contributed by atoms with Crippen LogP contribution in [0, 0.1) is 5.82 Å². The van der Waals surface area contributed by atoms with E-state index in [1.165, 1.54) is 28.8 Å². The third-order valence-corrected chi connectivity index (χ3v) is 5.74. The summed E-state index contributed by atoms with van der Waals surface area (Å²) in [5, 5.41) is 10.3. The van der Waals surface area contributed by atoms with Crippen LogP contribution >= 0.6 is 24.0 Å². The van der Waals surface area contributed by atoms with Crippen LogP contribution in [0.2, 0.25) is 0 Å². The third kappa shape index (κ3) is 4.39. The fourth-order valence-corrected chi connectivity index (χ4v) is 4.27. The van der Waals surface area contributed by atoms with E-state index in [0.717, 1.165) is 0 Å². The fraction of sp³-hybridized carbons (Fsp3) is 0.150. The largest absolute Gasteiger partial charge is 0.324 e. The van der Waals surface area contributed by atoms with Crippen molar-refractivity contribution < 1.29 is 18.6 Å². The number of halogens is 1. The van der Waals surface area contributed by atoms with Crippen molar-refractivity contribution in [2.45, 2.75) is 12.8 Å². The number of thiocarbonyl (C=S) groups is 1. The minimum Gasteiger partial charge on any atom is -0.324 e. The zero-order chi connectivity index (χ0) is 21.1. The van der Waals surface area contributed by atoms with E-state index in [4.69, 9.17) is 12.2 Å². The monoisotopic (exact) mass is 442 g/mol. The lowest BCUT2D eigenvalue weighted by Gasteiger charge is -2.14. The van der Waals surface area contributed by atoms with Gasteiger partial charge in [0.25, 0.3) is 5.91 Å². The molecule has 0 unspecified atom stereocenters. The van der Waals surface area contributed by atoms with E-state index in [-0.39, 0.29) is 24.1 Å². The molecule has 30 heavy (non-hydrogen) atoms. The number of carbonyl (C=O) groups is 2. The maximum absolute atomic E-state index is 13.4. The van der Waals surface area contributed by atoms with E-state index in [2.05, 4.69) is 20.3 Å². The number of anilines is 1. The molecule has 1 aliphatic rings. The number of nitrogens with one attached hydrogen (secondary N) is 1. The van der Waals surface area contributed by atoms with E-state index in [0.29, 0.717) is 44.5 Å². The second-order valence-corrected chi connectivity index (χ2v) is 8.15. The van der Waals surface area contributed by atoms with Crippen LogP contribution in [0.1, 0.15) is 18.4 Å². The zero-order valence-electron chi connectivity index (χ0n) is 15.5. The number of amides is 2. The summed E-state index contributed by atoms with van der Waals surface area (Å²) >= 11 is 6.46. The molecule has 1 fully saturated rings. The molecule has 2 amide bonds. The standard InChI is InChI=1S/C20H15FN4O3S2/c21-13-5-1-4-12(10-13)11-16-19(27)25(20(29)30-16)9-3-8-17(26)22-14-6-2-7-15-18(14)24-28-23-15/h1-2,4-7,10-11H,3,8-9H2,(H,22,26)/b16-11-. The summed E-state index contributed by atoms with van der Waals surface area (Å²) < 4.78 is 18.4. The number of fused-ring (bicyclic) bond motifs is 1. The van der Waals surface area contributed by atoms with Crippen molar-refractivity contribution in [1.29, 1.82) is 0 Å². The number of aromatic nitrogens is 2. The summed E-state index contributed by atoms with van der Waals surface area (Å²) in [4.78, 5) is 26.8. The molecule has 152 valence electrons. The van der Waals surface area contributed by atoms with Gasteiger partial charge in [-0.1, -0.05) is 42.2 Å². The third-order valence-electron chi connectivity index (χ3n) is 4.37. The highest BCUT2D eigenvalue weighted by atomic mass is 32.2. The van der Waals surface area contributed by atoms with Gasteiger partial charge in [-0.15, -0.1) is 0 Å². The zero-order valence-corrected chi connectivity index (χ0v) is 17.1. The predicted molar refractivity (Wildman–Crippen MR) is 116 cm³/mol. The van der Waals surface area contributed by atoms with Gasteiger partial charge in [0.1, 0.15) is 15.7 Å². The second kappa shape index (κ2) is 8.72. The Bertz CT molecular complexity index is 1180. The Morgan fingerprint density at radius 2 is 2.10 bits per heavy atom. The molecule has 1 aliphatic heterocycles. The molecule has 7 nitrogen and oxygen atoms in total. The second-order valence-electron chi connectivity index (χ2n) is 6.48. The van der Waals surface area contributed by atoms with Gasteiger partial charge < -0.3 is 5.32 Å². The Labute approximate surface area is 180 Å². The van der Waals surface area contributed by atoms with Gasteiger partial charge in [0.15, 0.2) is 5.52 Å². The van der Waals surface area contributed by atoms with Crippen LogP contribution in [0.3, 0.4) is 0 Å². The molecule has 3 aromatic rings. The maximum atomic E-state index is 13.4. The van der Waals surface area contributed by atoms with Gasteiger partial charge in [-0.2, -0.15) is 0 Å². The molecule has 1 saturated heterocycles. The van der Waals surface area contributed by atoms with Crippen molar-refractivity contribution in [1.82, 2.24) is 15.2 Å². The Morgan fingerprint density at radius 1 is 1.27 bits per heavy atom. The lowest BCUT2D eigenvalue weighted by molar-refractivity contribution is -0.122. The van der Waals surface area contributed by atoms with Crippen molar-refractivity contribution in [3.63, 3.8) is 0 Å². The van der Waals surface area contributed by atoms with Gasteiger partial charge >= 0.3 is 0 Å². The minimum absolute atomic E-state index is 0.196. The first-order chi connectivity index (χ1) is 14.5. The molecule has 4 rings (SSSR count). The maximum Gasteiger partial charge on any atom is 0.266 e. The van der Waals surface area contributed by atoms with Crippen LogP contribution in [0.15, 0.2) is 52.0 Å². The molecular formula is C20H15FN4O3S2. The molecule has 1 N–H and O–H groups in total. The number of nitrogens with zero attached hydrogens (tertiary/aromatic N) is 3. The van der Waals surface area contributed by atoms with E-state index in [1.54, 1.807) is 36.4 Å². The first-order valence-corrected chi connectivity index (χ1v) is 10.3. The molecular weight excluding hydrogens is 427 g/mol. The number of rotatable bonds is 6. The smallest absolute Gasteiger partial charge is 0.266 e. The number of hydrogen-bond donors (Lipinski definition) is 1. The van der Waals surface area contributed by atoms with Crippen LogP contribution in [0.25, 0.3) is 17.1 Å². The summed E-state index contributed by atoms with van der Waals surface area (Å²) in [6.45, 7) is 0.314. The van der Waals surface area contributed by atoms with E-state index >= 15 is 0 Å². The van der Waals surface area contributed by atoms with Gasteiger partial charge in [-0.3, -0.25) is 14.5 Å². The van der Waals surface area contributed by atoms with Crippen molar-refractivity contribution in [3.8, 4) is 0 Å². The molecule has 1 aromatic heterocycles. The average Bonchev–Trinajstić information content (AvgIpc) is 3.29. The Hall–Kier alpha value is -3.11.